The van der Waals surface area contributed by atoms with Crippen molar-refractivity contribution in [2.24, 2.45) is 0 Å². The molecular formula is C13H16F3N3O3. The van der Waals surface area contributed by atoms with Crippen molar-refractivity contribution in [2.75, 3.05) is 27.3 Å². The van der Waals surface area contributed by atoms with Crippen molar-refractivity contribution in [2.45, 2.75) is 18.3 Å². The number of hydrogen-bond acceptors (Lipinski definition) is 4. The summed E-state index contributed by atoms with van der Waals surface area (Å²) in [7, 11) is 2.46. The highest BCUT2D eigenvalue weighted by Crippen LogP contribution is 2.40. The third-order valence-electron chi connectivity index (χ3n) is 3.54. The lowest BCUT2D eigenvalue weighted by Crippen LogP contribution is -2.72. The van der Waals surface area contributed by atoms with Crippen LogP contribution in [0, 0.1) is 0 Å². The number of hydrogen-bond donors (Lipinski definition) is 1. The van der Waals surface area contributed by atoms with Crippen molar-refractivity contribution in [1.82, 2.24) is 15.2 Å². The quantitative estimate of drug-likeness (QED) is 0.915. The molecule has 1 aliphatic rings. The third-order valence-corrected chi connectivity index (χ3v) is 3.54. The van der Waals surface area contributed by atoms with Crippen LogP contribution >= 0.6 is 0 Å². The number of urea groups is 1. The first kappa shape index (κ1) is 16.3. The van der Waals surface area contributed by atoms with Crippen LogP contribution in [0.15, 0.2) is 18.3 Å². The van der Waals surface area contributed by atoms with E-state index in [1.54, 1.807) is 12.1 Å². The van der Waals surface area contributed by atoms with E-state index in [0.29, 0.717) is 5.88 Å². The number of rotatable bonds is 4. The Morgan fingerprint density at radius 2 is 2.14 bits per heavy atom. The Balaban J connectivity index is 1.87. The molecule has 1 fully saturated rings. The predicted octanol–water partition coefficient (Wildman–Crippen LogP) is 1.56. The van der Waals surface area contributed by atoms with Gasteiger partial charge in [-0.15, -0.1) is 0 Å². The van der Waals surface area contributed by atoms with E-state index in [1.807, 2.05) is 0 Å². The maximum atomic E-state index is 12.8. The molecular weight excluding hydrogens is 303 g/mol. The molecule has 1 N–H and O–H groups in total. The summed E-state index contributed by atoms with van der Waals surface area (Å²) in [6, 6.07) is 2.73. The molecule has 0 bridgehead atoms. The molecule has 0 aromatic carbocycles. The lowest BCUT2D eigenvalue weighted by Gasteiger charge is -2.49. The predicted molar refractivity (Wildman–Crippen MR) is 70.4 cm³/mol. The molecule has 6 nitrogen and oxygen atoms in total. The fourth-order valence-corrected chi connectivity index (χ4v) is 2.10. The molecule has 9 heteroatoms. The molecule has 1 saturated heterocycles. The second-order valence-electron chi connectivity index (χ2n) is 4.92. The van der Waals surface area contributed by atoms with Crippen LogP contribution in [0.5, 0.6) is 5.88 Å². The number of amides is 2. The lowest BCUT2D eigenvalue weighted by atomic mass is 9.93. The van der Waals surface area contributed by atoms with Gasteiger partial charge in [0.1, 0.15) is 0 Å². The van der Waals surface area contributed by atoms with E-state index in [9.17, 15) is 18.0 Å². The molecule has 2 amide bonds. The van der Waals surface area contributed by atoms with Crippen LogP contribution in [0.2, 0.25) is 0 Å². The van der Waals surface area contributed by atoms with Gasteiger partial charge in [0.05, 0.1) is 20.2 Å². The highest BCUT2D eigenvalue weighted by molar-refractivity contribution is 5.75. The molecule has 0 spiro atoms. The van der Waals surface area contributed by atoms with Crippen LogP contribution in [-0.2, 0) is 11.3 Å². The van der Waals surface area contributed by atoms with Crippen LogP contribution in [0.4, 0.5) is 18.0 Å². The highest BCUT2D eigenvalue weighted by Gasteiger charge is 2.63. The normalized spacial score (nSPS) is 16.9. The minimum Gasteiger partial charge on any atom is -0.481 e. The van der Waals surface area contributed by atoms with Gasteiger partial charge >= 0.3 is 12.2 Å². The van der Waals surface area contributed by atoms with Crippen molar-refractivity contribution < 1.29 is 27.4 Å². The van der Waals surface area contributed by atoms with Gasteiger partial charge in [-0.05, 0) is 11.6 Å². The van der Waals surface area contributed by atoms with Crippen molar-refractivity contribution in [1.29, 1.82) is 0 Å². The van der Waals surface area contributed by atoms with E-state index in [4.69, 9.17) is 4.74 Å². The van der Waals surface area contributed by atoms with Gasteiger partial charge in [-0.25, -0.2) is 9.78 Å². The van der Waals surface area contributed by atoms with Crippen LogP contribution in [-0.4, -0.2) is 55.0 Å². The standard InChI is InChI=1S/C13H16F3N3O3/c1-21-10-5-9(3-4-17-10)6-18-11(20)19-7-12(8-19,22-2)13(14,15)16/h3-5H,6-8H2,1-2H3,(H,18,20). The van der Waals surface area contributed by atoms with Crippen molar-refractivity contribution in [3.63, 3.8) is 0 Å². The Morgan fingerprint density at radius 3 is 2.68 bits per heavy atom. The summed E-state index contributed by atoms with van der Waals surface area (Å²) in [5.41, 5.74) is -1.53. The van der Waals surface area contributed by atoms with Crippen LogP contribution in [0.25, 0.3) is 0 Å². The molecule has 1 aromatic heterocycles. The molecule has 122 valence electrons. The monoisotopic (exact) mass is 319 g/mol. The maximum Gasteiger partial charge on any atom is 0.420 e. The molecule has 0 saturated carbocycles. The maximum absolute atomic E-state index is 12.8. The minimum atomic E-state index is -4.50. The first-order valence-corrected chi connectivity index (χ1v) is 6.45. The first-order chi connectivity index (χ1) is 10.3. The van der Waals surface area contributed by atoms with Gasteiger partial charge in [-0.2, -0.15) is 13.2 Å². The number of carbonyl (C=O) groups excluding carboxylic acids is 1. The Morgan fingerprint density at radius 1 is 1.45 bits per heavy atom. The number of alkyl halides is 3. The molecule has 0 unspecified atom stereocenters. The van der Waals surface area contributed by atoms with Crippen LogP contribution < -0.4 is 10.1 Å². The Kier molecular flexibility index (Phi) is 4.45. The number of ether oxygens (including phenoxy) is 2. The van der Waals surface area contributed by atoms with Gasteiger partial charge in [0.15, 0.2) is 5.60 Å². The summed E-state index contributed by atoms with van der Waals surface area (Å²) in [5, 5.41) is 2.55. The summed E-state index contributed by atoms with van der Waals surface area (Å²) >= 11 is 0. The number of nitrogens with zero attached hydrogens (tertiary/aromatic N) is 2. The molecule has 0 aliphatic carbocycles. The SMILES string of the molecule is COc1cc(CNC(=O)N2CC(OC)(C(F)(F)F)C2)ccn1. The van der Waals surface area contributed by atoms with Gasteiger partial charge in [0.2, 0.25) is 5.88 Å². The average molecular weight is 319 g/mol. The number of aromatic nitrogens is 1. The molecule has 2 rings (SSSR count). The zero-order valence-electron chi connectivity index (χ0n) is 12.1. The largest absolute Gasteiger partial charge is 0.481 e. The topological polar surface area (TPSA) is 63.7 Å². The van der Waals surface area contributed by atoms with Gasteiger partial charge in [0, 0.05) is 25.9 Å². The molecule has 1 aromatic rings. The summed E-state index contributed by atoms with van der Waals surface area (Å²) in [6.45, 7) is -0.864. The number of pyridine rings is 1. The van der Waals surface area contributed by atoms with E-state index in [1.165, 1.54) is 13.3 Å². The van der Waals surface area contributed by atoms with Crippen molar-refractivity contribution >= 4 is 6.03 Å². The minimum absolute atomic E-state index is 0.167. The summed E-state index contributed by atoms with van der Waals surface area (Å²) in [4.78, 5) is 16.8. The van der Waals surface area contributed by atoms with Crippen LogP contribution in [0.3, 0.4) is 0 Å². The van der Waals surface area contributed by atoms with Crippen molar-refractivity contribution in [3.05, 3.63) is 23.9 Å². The lowest BCUT2D eigenvalue weighted by molar-refractivity contribution is -0.303. The number of carbonyl (C=O) groups is 1. The van der Waals surface area contributed by atoms with Gasteiger partial charge in [-0.3, -0.25) is 0 Å². The Bertz CT molecular complexity index is 545. The molecule has 1 aliphatic heterocycles. The zero-order valence-corrected chi connectivity index (χ0v) is 12.1. The number of nitrogens with one attached hydrogen (secondary N) is 1. The molecule has 0 radical (unpaired) electrons. The van der Waals surface area contributed by atoms with E-state index >= 15 is 0 Å². The van der Waals surface area contributed by atoms with Crippen LogP contribution in [0.1, 0.15) is 5.56 Å². The summed E-state index contributed by atoms with van der Waals surface area (Å²) < 4.78 is 48.0. The molecule has 0 atom stereocenters. The Labute approximate surface area is 125 Å². The van der Waals surface area contributed by atoms with E-state index in [2.05, 4.69) is 15.0 Å². The van der Waals surface area contributed by atoms with Gasteiger partial charge < -0.3 is 19.7 Å². The van der Waals surface area contributed by atoms with Crippen molar-refractivity contribution in [3.8, 4) is 5.88 Å². The fourth-order valence-electron chi connectivity index (χ4n) is 2.10. The fraction of sp³-hybridized carbons (Fsp3) is 0.538. The van der Waals surface area contributed by atoms with E-state index < -0.39 is 30.9 Å². The second kappa shape index (κ2) is 5.99. The second-order valence-corrected chi connectivity index (χ2v) is 4.92. The molecule has 2 heterocycles. The number of likely N-dealkylation sites (tertiary alicyclic amines) is 1. The van der Waals surface area contributed by atoms with E-state index in [-0.39, 0.29) is 6.54 Å². The summed E-state index contributed by atoms with van der Waals surface area (Å²) in [5.74, 6) is 0.395. The number of methoxy groups -OCH3 is 2. The highest BCUT2D eigenvalue weighted by atomic mass is 19.4. The number of halogens is 3. The summed E-state index contributed by atoms with van der Waals surface area (Å²) in [6.07, 6.45) is -2.99. The van der Waals surface area contributed by atoms with E-state index in [0.717, 1.165) is 17.6 Å². The average Bonchev–Trinajstić information content (AvgIpc) is 2.43. The van der Waals surface area contributed by atoms with Gasteiger partial charge in [0.25, 0.3) is 0 Å². The smallest absolute Gasteiger partial charge is 0.420 e. The zero-order chi connectivity index (χ0) is 16.4. The van der Waals surface area contributed by atoms with Gasteiger partial charge in [-0.1, -0.05) is 0 Å². The molecule has 22 heavy (non-hydrogen) atoms. The first-order valence-electron chi connectivity index (χ1n) is 6.45. The Hall–Kier alpha value is -2.03. The third kappa shape index (κ3) is 3.08.